The molecule has 0 aliphatic heterocycles. The van der Waals surface area contributed by atoms with Crippen LogP contribution in [-0.2, 0) is 15.0 Å². The lowest BCUT2D eigenvalue weighted by molar-refractivity contribution is -0.123. The molecule has 0 saturated heterocycles. The van der Waals surface area contributed by atoms with Gasteiger partial charge in [0.2, 0.25) is 5.91 Å². The van der Waals surface area contributed by atoms with Gasteiger partial charge in [0.25, 0.3) is 5.91 Å². The molecule has 0 radical (unpaired) electrons. The van der Waals surface area contributed by atoms with E-state index in [1.807, 2.05) is 24.3 Å². The number of nitrogens with one attached hydrogen (secondary N) is 1. The number of primary amides is 1. The van der Waals surface area contributed by atoms with Crippen molar-refractivity contribution in [1.82, 2.24) is 0 Å². The van der Waals surface area contributed by atoms with Gasteiger partial charge in [-0.1, -0.05) is 31.4 Å². The van der Waals surface area contributed by atoms with E-state index < -0.39 is 11.3 Å². The van der Waals surface area contributed by atoms with Crippen LogP contribution in [0.5, 0.6) is 11.5 Å². The van der Waals surface area contributed by atoms with Crippen molar-refractivity contribution in [2.75, 3.05) is 19.0 Å². The van der Waals surface area contributed by atoms with Crippen molar-refractivity contribution in [3.8, 4) is 11.5 Å². The number of carbonyl (C=O) groups excluding carboxylic acids is 2. The van der Waals surface area contributed by atoms with Gasteiger partial charge in [-0.15, -0.1) is 0 Å². The first-order valence-corrected chi connectivity index (χ1v) is 9.51. The van der Waals surface area contributed by atoms with E-state index in [1.54, 1.807) is 31.4 Å². The Morgan fingerprint density at radius 3 is 2.14 bits per heavy atom. The third kappa shape index (κ3) is 4.44. The molecule has 6 heteroatoms. The topological polar surface area (TPSA) is 90.7 Å². The number of ether oxygens (including phenoxy) is 2. The predicted octanol–water partition coefficient (Wildman–Crippen LogP) is 3.40. The fourth-order valence-electron chi connectivity index (χ4n) is 3.75. The highest BCUT2D eigenvalue weighted by Crippen LogP contribution is 2.41. The smallest absolute Gasteiger partial charge is 0.255 e. The van der Waals surface area contributed by atoms with E-state index in [0.29, 0.717) is 11.4 Å². The van der Waals surface area contributed by atoms with Crippen LogP contribution in [0.3, 0.4) is 0 Å². The van der Waals surface area contributed by atoms with Gasteiger partial charge in [-0.25, -0.2) is 0 Å². The number of methoxy groups -OCH3 is 1. The summed E-state index contributed by atoms with van der Waals surface area (Å²) in [5.74, 6) is 0.778. The number of nitrogens with two attached hydrogens (primary N) is 1. The van der Waals surface area contributed by atoms with E-state index in [0.717, 1.165) is 43.4 Å². The van der Waals surface area contributed by atoms with Crippen LogP contribution < -0.4 is 20.5 Å². The first-order valence-electron chi connectivity index (χ1n) is 9.51. The molecule has 1 fully saturated rings. The highest BCUT2D eigenvalue weighted by atomic mass is 16.5. The summed E-state index contributed by atoms with van der Waals surface area (Å²) >= 11 is 0. The van der Waals surface area contributed by atoms with E-state index in [-0.39, 0.29) is 12.5 Å². The molecule has 1 saturated carbocycles. The van der Waals surface area contributed by atoms with Crippen molar-refractivity contribution in [3.05, 3.63) is 54.1 Å². The summed E-state index contributed by atoms with van der Waals surface area (Å²) in [5, 5.41) is 3.05. The van der Waals surface area contributed by atoms with Gasteiger partial charge >= 0.3 is 0 Å². The molecule has 0 atom stereocenters. The van der Waals surface area contributed by atoms with E-state index in [9.17, 15) is 9.59 Å². The fourth-order valence-corrected chi connectivity index (χ4v) is 3.75. The third-order valence-corrected chi connectivity index (χ3v) is 5.28. The highest BCUT2D eigenvalue weighted by Gasteiger charge is 2.41. The van der Waals surface area contributed by atoms with Crippen molar-refractivity contribution in [2.45, 2.75) is 37.5 Å². The molecule has 3 N–H and O–H groups in total. The summed E-state index contributed by atoms with van der Waals surface area (Å²) in [6, 6.07) is 14.7. The van der Waals surface area contributed by atoms with Crippen LogP contribution in [0.15, 0.2) is 48.5 Å². The summed E-state index contributed by atoms with van der Waals surface area (Å²) in [4.78, 5) is 24.1. The first kappa shape index (κ1) is 19.7. The lowest BCUT2D eigenvalue weighted by atomic mass is 9.68. The Hall–Kier alpha value is -3.02. The van der Waals surface area contributed by atoms with Crippen LogP contribution in [0.4, 0.5) is 5.69 Å². The lowest BCUT2D eigenvalue weighted by Gasteiger charge is -2.36. The van der Waals surface area contributed by atoms with Crippen LogP contribution in [-0.4, -0.2) is 25.5 Å². The van der Waals surface area contributed by atoms with Gasteiger partial charge in [-0.3, -0.25) is 9.59 Å². The molecule has 3 rings (SSSR count). The molecule has 0 spiro atoms. The Morgan fingerprint density at radius 2 is 1.57 bits per heavy atom. The average Bonchev–Trinajstić information content (AvgIpc) is 2.73. The maximum atomic E-state index is 13.3. The van der Waals surface area contributed by atoms with E-state index in [2.05, 4.69) is 5.32 Å². The minimum atomic E-state index is -0.536. The molecule has 1 aliphatic rings. The number of hydrogen-bond donors (Lipinski definition) is 2. The molecule has 148 valence electrons. The molecule has 2 aromatic rings. The van der Waals surface area contributed by atoms with Crippen LogP contribution >= 0.6 is 0 Å². The molecule has 0 bridgehead atoms. The van der Waals surface area contributed by atoms with Gasteiger partial charge in [0.1, 0.15) is 11.5 Å². The van der Waals surface area contributed by atoms with Gasteiger partial charge in [-0.05, 0) is 54.8 Å². The van der Waals surface area contributed by atoms with Crippen LogP contribution in [0, 0.1) is 0 Å². The molecule has 2 amide bonds. The van der Waals surface area contributed by atoms with Gasteiger partial charge < -0.3 is 20.5 Å². The summed E-state index contributed by atoms with van der Waals surface area (Å²) in [7, 11) is 1.63. The zero-order chi connectivity index (χ0) is 20.0. The van der Waals surface area contributed by atoms with Crippen molar-refractivity contribution in [2.24, 2.45) is 5.73 Å². The number of carbonyl (C=O) groups is 2. The Morgan fingerprint density at radius 1 is 0.964 bits per heavy atom. The standard InChI is InChI=1S/C22H26N2O4/c1-27-18-9-5-16(6-10-18)22(13-3-2-4-14-22)21(26)24-17-7-11-19(12-8-17)28-15-20(23)25/h5-12H,2-4,13-15H2,1H3,(H2,23,25)(H,24,26). The maximum Gasteiger partial charge on any atom is 0.255 e. The molecule has 0 unspecified atom stereocenters. The highest BCUT2D eigenvalue weighted by molar-refractivity contribution is 5.99. The largest absolute Gasteiger partial charge is 0.497 e. The zero-order valence-corrected chi connectivity index (χ0v) is 16.1. The lowest BCUT2D eigenvalue weighted by Crippen LogP contribution is -2.42. The Balaban J connectivity index is 1.77. The predicted molar refractivity (Wildman–Crippen MR) is 108 cm³/mol. The van der Waals surface area contributed by atoms with Crippen LogP contribution in [0.1, 0.15) is 37.7 Å². The minimum Gasteiger partial charge on any atom is -0.497 e. The second kappa shape index (κ2) is 8.78. The Bertz CT molecular complexity index is 809. The summed E-state index contributed by atoms with van der Waals surface area (Å²) < 4.78 is 10.5. The summed E-state index contributed by atoms with van der Waals surface area (Å²) in [6.07, 6.45) is 4.85. The van der Waals surface area contributed by atoms with Crippen molar-refractivity contribution < 1.29 is 19.1 Å². The van der Waals surface area contributed by atoms with Gasteiger partial charge in [0.15, 0.2) is 6.61 Å². The number of benzene rings is 2. The second-order valence-electron chi connectivity index (χ2n) is 7.10. The second-order valence-corrected chi connectivity index (χ2v) is 7.10. The van der Waals surface area contributed by atoms with Crippen LogP contribution in [0.2, 0.25) is 0 Å². The molecule has 0 aromatic heterocycles. The van der Waals surface area contributed by atoms with E-state index in [1.165, 1.54) is 0 Å². The van der Waals surface area contributed by atoms with Crippen molar-refractivity contribution in [1.29, 1.82) is 0 Å². The number of anilines is 1. The molecule has 2 aromatic carbocycles. The normalized spacial score (nSPS) is 15.5. The number of rotatable bonds is 7. The van der Waals surface area contributed by atoms with Crippen molar-refractivity contribution in [3.63, 3.8) is 0 Å². The minimum absolute atomic E-state index is 0.00294. The molecule has 0 heterocycles. The van der Waals surface area contributed by atoms with Crippen LogP contribution in [0.25, 0.3) is 0 Å². The SMILES string of the molecule is COc1ccc(C2(C(=O)Nc3ccc(OCC(N)=O)cc3)CCCCC2)cc1. The van der Waals surface area contributed by atoms with E-state index >= 15 is 0 Å². The number of amides is 2. The molecule has 1 aliphatic carbocycles. The molecule has 28 heavy (non-hydrogen) atoms. The molecular weight excluding hydrogens is 356 g/mol. The van der Waals surface area contributed by atoms with Gasteiger partial charge in [0, 0.05) is 5.69 Å². The Kier molecular flexibility index (Phi) is 6.19. The van der Waals surface area contributed by atoms with Gasteiger partial charge in [0.05, 0.1) is 12.5 Å². The monoisotopic (exact) mass is 382 g/mol. The zero-order valence-electron chi connectivity index (χ0n) is 16.1. The third-order valence-electron chi connectivity index (χ3n) is 5.28. The first-order chi connectivity index (χ1) is 13.5. The number of hydrogen-bond acceptors (Lipinski definition) is 4. The molecule has 6 nitrogen and oxygen atoms in total. The Labute approximate surface area is 165 Å². The molecular formula is C22H26N2O4. The quantitative estimate of drug-likeness (QED) is 0.768. The summed E-state index contributed by atoms with van der Waals surface area (Å²) in [5.41, 5.74) is 6.25. The van der Waals surface area contributed by atoms with E-state index in [4.69, 9.17) is 15.2 Å². The fraction of sp³-hybridized carbons (Fsp3) is 0.364. The average molecular weight is 382 g/mol. The maximum absolute atomic E-state index is 13.3. The van der Waals surface area contributed by atoms with Crippen molar-refractivity contribution >= 4 is 17.5 Å². The summed E-state index contributed by atoms with van der Waals surface area (Å²) in [6.45, 7) is -0.174. The van der Waals surface area contributed by atoms with Gasteiger partial charge in [-0.2, -0.15) is 0 Å².